The fourth-order valence-corrected chi connectivity index (χ4v) is 11.0. The predicted octanol–water partition coefficient (Wildman–Crippen LogP) is 12.6. The van der Waals surface area contributed by atoms with E-state index in [-0.39, 0.29) is 23.0 Å². The molecule has 2 nitrogen and oxygen atoms in total. The van der Waals surface area contributed by atoms with Crippen molar-refractivity contribution in [1.82, 2.24) is 0 Å². The first-order valence-corrected chi connectivity index (χ1v) is 20.8. The molecule has 0 unspecified atom stereocenters. The molecule has 0 saturated carbocycles. The molecule has 0 amide bonds. The van der Waals surface area contributed by atoms with E-state index in [1.54, 1.807) is 0 Å². The van der Waals surface area contributed by atoms with Gasteiger partial charge in [-0.05, 0) is 129 Å². The van der Waals surface area contributed by atoms with Crippen molar-refractivity contribution in [2.75, 3.05) is 9.80 Å². The first-order valence-electron chi connectivity index (χ1n) is 20.0. The fourth-order valence-electron chi connectivity index (χ4n) is 9.72. The lowest BCUT2D eigenvalue weighted by molar-refractivity contribution is 0.332. The molecule has 272 valence electrons. The Hall–Kier alpha value is -5.06. The van der Waals surface area contributed by atoms with E-state index in [2.05, 4.69) is 193 Å². The molecule has 10 rings (SSSR count). The van der Waals surface area contributed by atoms with Crippen molar-refractivity contribution >= 4 is 78.0 Å². The zero-order valence-electron chi connectivity index (χ0n) is 33.4. The maximum Gasteiger partial charge on any atom is 0.264 e. The molecule has 0 atom stereocenters. The fraction of sp³-hybridized carbons (Fsp3) is 0.255. The van der Waals surface area contributed by atoms with E-state index in [9.17, 15) is 0 Å². The summed E-state index contributed by atoms with van der Waals surface area (Å²) in [6.07, 6.45) is 2.37. The van der Waals surface area contributed by atoms with E-state index in [1.807, 2.05) is 11.3 Å². The van der Waals surface area contributed by atoms with Crippen LogP contribution in [0.1, 0.15) is 83.6 Å². The maximum atomic E-state index is 2.65. The van der Waals surface area contributed by atoms with Crippen molar-refractivity contribution < 1.29 is 0 Å². The number of fused-ring (bicyclic) bond motifs is 7. The van der Waals surface area contributed by atoms with Gasteiger partial charge in [0, 0.05) is 43.3 Å². The summed E-state index contributed by atoms with van der Waals surface area (Å²) in [5.74, 6) is 0. The van der Waals surface area contributed by atoms with Gasteiger partial charge in [-0.15, -0.1) is 11.3 Å². The number of rotatable bonds is 3. The number of hydrogen-bond acceptors (Lipinski definition) is 3. The average molecular weight is 733 g/mol. The normalized spacial score (nSPS) is 16.4. The van der Waals surface area contributed by atoms with Gasteiger partial charge in [-0.1, -0.05) is 127 Å². The molecule has 2 aliphatic heterocycles. The Morgan fingerprint density at radius 1 is 0.600 bits per heavy atom. The van der Waals surface area contributed by atoms with E-state index < -0.39 is 0 Å². The van der Waals surface area contributed by atoms with Gasteiger partial charge in [0.15, 0.2) is 0 Å². The molecule has 4 heteroatoms. The summed E-state index contributed by atoms with van der Waals surface area (Å²) in [5, 5.41) is 1.33. The van der Waals surface area contributed by atoms with Crippen LogP contribution in [0.3, 0.4) is 0 Å². The second kappa shape index (κ2) is 12.0. The van der Waals surface area contributed by atoms with Gasteiger partial charge >= 0.3 is 0 Å². The molecule has 0 saturated heterocycles. The van der Waals surface area contributed by atoms with Gasteiger partial charge in [-0.2, -0.15) is 0 Å². The second-order valence-corrected chi connectivity index (χ2v) is 19.6. The van der Waals surface area contributed by atoms with Gasteiger partial charge in [-0.3, -0.25) is 0 Å². The Morgan fingerprint density at radius 2 is 1.16 bits per heavy atom. The minimum atomic E-state index is 0.0794. The minimum Gasteiger partial charge on any atom is -0.311 e. The van der Waals surface area contributed by atoms with Crippen LogP contribution < -0.4 is 25.5 Å². The Labute approximate surface area is 331 Å². The van der Waals surface area contributed by atoms with Crippen LogP contribution in [0.2, 0.25) is 0 Å². The Balaban J connectivity index is 1.29. The van der Waals surface area contributed by atoms with Crippen LogP contribution in [-0.4, -0.2) is 6.71 Å². The van der Waals surface area contributed by atoms with Crippen molar-refractivity contribution in [2.45, 2.75) is 84.5 Å². The van der Waals surface area contributed by atoms with Crippen molar-refractivity contribution in [1.29, 1.82) is 0 Å². The SMILES string of the molecule is Cc1cc2c3c(c1)N(c1ccc(C(C)(C)C)cc1)c1c(sc4ccccc14)B3c1cc3c(cc1N2c1ccc(-c2ccccc2)cc1)C(C)(C)CCC3(C)C. The zero-order valence-corrected chi connectivity index (χ0v) is 34.2. The molecule has 7 aromatic rings. The van der Waals surface area contributed by atoms with Crippen LogP contribution in [0.15, 0.2) is 127 Å². The largest absolute Gasteiger partial charge is 0.311 e. The lowest BCUT2D eigenvalue weighted by Gasteiger charge is -2.47. The van der Waals surface area contributed by atoms with Crippen LogP contribution >= 0.6 is 11.3 Å². The summed E-state index contributed by atoms with van der Waals surface area (Å²) in [6, 6.07) is 48.6. The van der Waals surface area contributed by atoms with Crippen LogP contribution in [0.5, 0.6) is 0 Å². The van der Waals surface area contributed by atoms with E-state index >= 15 is 0 Å². The molecule has 0 bridgehead atoms. The lowest BCUT2D eigenvalue weighted by atomic mass is 9.35. The number of thiophene rings is 1. The second-order valence-electron chi connectivity index (χ2n) is 18.6. The minimum absolute atomic E-state index is 0.0794. The molecule has 6 aromatic carbocycles. The van der Waals surface area contributed by atoms with Crippen molar-refractivity contribution in [3.05, 3.63) is 150 Å². The van der Waals surface area contributed by atoms with Gasteiger partial charge < -0.3 is 9.80 Å². The molecule has 1 aliphatic carbocycles. The zero-order chi connectivity index (χ0) is 38.0. The van der Waals surface area contributed by atoms with Gasteiger partial charge in [0.25, 0.3) is 6.71 Å². The third-order valence-electron chi connectivity index (χ3n) is 12.9. The Kier molecular flexibility index (Phi) is 7.50. The summed E-state index contributed by atoms with van der Waals surface area (Å²) in [4.78, 5) is 5.19. The summed E-state index contributed by atoms with van der Waals surface area (Å²) in [6.45, 7) is 19.1. The Bertz CT molecular complexity index is 2640. The molecule has 3 aliphatic rings. The molecular weight excluding hydrogens is 683 g/mol. The quantitative estimate of drug-likeness (QED) is 0.167. The number of aryl methyl sites for hydroxylation is 1. The van der Waals surface area contributed by atoms with Crippen molar-refractivity contribution in [3.63, 3.8) is 0 Å². The van der Waals surface area contributed by atoms with Crippen LogP contribution in [0, 0.1) is 6.92 Å². The highest BCUT2D eigenvalue weighted by atomic mass is 32.1. The van der Waals surface area contributed by atoms with Crippen LogP contribution in [0.4, 0.5) is 34.1 Å². The monoisotopic (exact) mass is 732 g/mol. The lowest BCUT2D eigenvalue weighted by Crippen LogP contribution is -2.61. The highest BCUT2D eigenvalue weighted by Crippen LogP contribution is 2.52. The average Bonchev–Trinajstić information content (AvgIpc) is 3.55. The third kappa shape index (κ3) is 5.28. The van der Waals surface area contributed by atoms with E-state index in [0.29, 0.717) is 0 Å². The summed E-state index contributed by atoms with van der Waals surface area (Å²) < 4.78 is 2.78. The van der Waals surface area contributed by atoms with Crippen molar-refractivity contribution in [3.8, 4) is 11.1 Å². The number of nitrogens with zero attached hydrogens (tertiary/aromatic N) is 2. The van der Waals surface area contributed by atoms with E-state index in [4.69, 9.17) is 0 Å². The van der Waals surface area contributed by atoms with Gasteiger partial charge in [0.2, 0.25) is 0 Å². The van der Waals surface area contributed by atoms with Crippen LogP contribution in [0.25, 0.3) is 21.2 Å². The highest BCUT2D eigenvalue weighted by molar-refractivity contribution is 7.33. The standard InChI is InChI=1S/C51H49BN2S/c1-32-28-43-46-44(29-32)54(37-24-20-35(21-25-37)49(2,3)4)47-38-16-12-13-17-45(38)55-48(47)52(46)41-30-39-40(51(7,8)27-26-50(39,5)6)31-42(41)53(43)36-22-18-34(19-23-36)33-14-10-9-11-15-33/h9-25,28-31H,26-27H2,1-8H3. The predicted molar refractivity (Wildman–Crippen MR) is 240 cm³/mol. The summed E-state index contributed by atoms with van der Waals surface area (Å²) >= 11 is 1.99. The number of benzene rings is 6. The van der Waals surface area contributed by atoms with Gasteiger partial charge in [-0.25, -0.2) is 0 Å². The molecule has 0 N–H and O–H groups in total. The first kappa shape index (κ1) is 34.4. The molecular formula is C51H49BN2S. The Morgan fingerprint density at radius 3 is 1.84 bits per heavy atom. The van der Waals surface area contributed by atoms with Gasteiger partial charge in [0.05, 0.1) is 5.69 Å². The van der Waals surface area contributed by atoms with Gasteiger partial charge in [0.1, 0.15) is 0 Å². The maximum absolute atomic E-state index is 2.65. The molecule has 1 aromatic heterocycles. The molecule has 3 heterocycles. The van der Waals surface area contributed by atoms with E-state index in [1.165, 1.54) is 106 Å². The first-order chi connectivity index (χ1) is 26.3. The van der Waals surface area contributed by atoms with E-state index in [0.717, 1.165) is 0 Å². The molecule has 55 heavy (non-hydrogen) atoms. The molecule has 0 fully saturated rings. The smallest absolute Gasteiger partial charge is 0.264 e. The van der Waals surface area contributed by atoms with Crippen molar-refractivity contribution in [2.24, 2.45) is 0 Å². The third-order valence-corrected chi connectivity index (χ3v) is 14.1. The number of anilines is 6. The topological polar surface area (TPSA) is 6.48 Å². The molecule has 0 radical (unpaired) electrons. The number of hydrogen-bond donors (Lipinski definition) is 0. The highest BCUT2D eigenvalue weighted by Gasteiger charge is 2.47. The molecule has 0 spiro atoms. The summed E-state index contributed by atoms with van der Waals surface area (Å²) in [7, 11) is 0. The summed E-state index contributed by atoms with van der Waals surface area (Å²) in [5.41, 5.74) is 18.8. The van der Waals surface area contributed by atoms with Crippen LogP contribution in [-0.2, 0) is 16.2 Å².